The molecule has 0 heterocycles. The van der Waals surface area contributed by atoms with Gasteiger partial charge in [0, 0.05) is 5.41 Å². The molecule has 0 spiro atoms. The van der Waals surface area contributed by atoms with Crippen molar-refractivity contribution in [1.82, 2.24) is 0 Å². The fourth-order valence-electron chi connectivity index (χ4n) is 3.32. The van der Waals surface area contributed by atoms with Gasteiger partial charge in [-0.1, -0.05) is 38.2 Å². The normalized spacial score (nSPS) is 41.9. The maximum Gasteiger partial charge on any atom is 0.161 e. The zero-order valence-corrected chi connectivity index (χ0v) is 10.2. The summed E-state index contributed by atoms with van der Waals surface area (Å²) in [5.41, 5.74) is -0.101. The lowest BCUT2D eigenvalue weighted by Crippen LogP contribution is -2.46. The Bertz CT molecular complexity index is 377. The Kier molecular flexibility index (Phi) is 2.65. The number of allylic oxidation sites excluding steroid dienone is 5. The van der Waals surface area contributed by atoms with Crippen molar-refractivity contribution in [3.63, 3.8) is 0 Å². The summed E-state index contributed by atoms with van der Waals surface area (Å²) in [5.74, 6) is 0.686. The van der Waals surface area contributed by atoms with Gasteiger partial charge in [-0.05, 0) is 36.7 Å². The third kappa shape index (κ3) is 1.50. The summed E-state index contributed by atoms with van der Waals surface area (Å²) in [6, 6.07) is 0. The number of rotatable bonds is 2. The van der Waals surface area contributed by atoms with Crippen molar-refractivity contribution in [2.24, 2.45) is 16.7 Å². The minimum Gasteiger partial charge on any atom is -0.294 e. The van der Waals surface area contributed by atoms with Gasteiger partial charge in [-0.3, -0.25) is 4.79 Å². The van der Waals surface area contributed by atoms with E-state index in [0.29, 0.717) is 5.92 Å². The van der Waals surface area contributed by atoms with Crippen molar-refractivity contribution >= 4 is 5.78 Å². The highest BCUT2D eigenvalue weighted by atomic mass is 16.1. The second-order valence-electron chi connectivity index (χ2n) is 5.58. The monoisotopic (exact) mass is 216 g/mol. The van der Waals surface area contributed by atoms with E-state index in [1.807, 2.05) is 6.08 Å². The lowest BCUT2D eigenvalue weighted by atomic mass is 9.54. The van der Waals surface area contributed by atoms with Gasteiger partial charge in [0.25, 0.3) is 0 Å². The summed E-state index contributed by atoms with van der Waals surface area (Å²) in [4.78, 5) is 12.1. The lowest BCUT2D eigenvalue weighted by Gasteiger charge is -2.49. The standard InChI is InChI=1S/C15H20O/c1-4-9-15(3)12-7-5-6-10-14(12,2)11-8-13(15)16/h4-6,8,11-12H,1,7,9-10H2,2-3H3/t12-,14-,15+/m1/s1. The van der Waals surface area contributed by atoms with E-state index in [-0.39, 0.29) is 16.6 Å². The van der Waals surface area contributed by atoms with E-state index in [2.05, 4.69) is 38.7 Å². The van der Waals surface area contributed by atoms with Gasteiger partial charge in [-0.2, -0.15) is 0 Å². The fourth-order valence-corrected chi connectivity index (χ4v) is 3.32. The number of hydrogen-bond donors (Lipinski definition) is 0. The minimum absolute atomic E-state index is 0.153. The molecule has 0 bridgehead atoms. The molecular formula is C15H20O. The second-order valence-corrected chi connectivity index (χ2v) is 5.58. The Morgan fingerprint density at radius 1 is 1.50 bits per heavy atom. The molecule has 3 atom stereocenters. The molecule has 0 aromatic heterocycles. The van der Waals surface area contributed by atoms with Crippen molar-refractivity contribution < 1.29 is 4.79 Å². The van der Waals surface area contributed by atoms with Gasteiger partial charge in [0.1, 0.15) is 0 Å². The molecule has 2 aliphatic rings. The van der Waals surface area contributed by atoms with Crippen LogP contribution in [0.15, 0.2) is 37.0 Å². The summed E-state index contributed by atoms with van der Waals surface area (Å²) in [5, 5.41) is 0. The van der Waals surface area contributed by atoms with Crippen LogP contribution < -0.4 is 0 Å². The fraction of sp³-hybridized carbons (Fsp3) is 0.533. The van der Waals surface area contributed by atoms with Crippen LogP contribution in [-0.2, 0) is 4.79 Å². The van der Waals surface area contributed by atoms with Crippen molar-refractivity contribution in [3.8, 4) is 0 Å². The summed E-state index contributed by atoms with van der Waals surface area (Å²) >= 11 is 0. The Morgan fingerprint density at radius 3 is 2.94 bits per heavy atom. The number of fused-ring (bicyclic) bond motifs is 1. The molecule has 0 radical (unpaired) electrons. The average molecular weight is 216 g/mol. The highest BCUT2D eigenvalue weighted by molar-refractivity contribution is 5.96. The SMILES string of the molecule is C=CC[C@]1(C)C(=O)C=C[C@@]2(C)CC=CC[C@H]21. The van der Waals surface area contributed by atoms with Gasteiger partial charge < -0.3 is 0 Å². The average Bonchev–Trinajstić information content (AvgIpc) is 2.25. The molecule has 16 heavy (non-hydrogen) atoms. The van der Waals surface area contributed by atoms with Crippen LogP contribution in [-0.4, -0.2) is 5.78 Å². The molecular weight excluding hydrogens is 196 g/mol. The topological polar surface area (TPSA) is 17.1 Å². The minimum atomic E-state index is -0.254. The van der Waals surface area contributed by atoms with Gasteiger partial charge in [0.2, 0.25) is 0 Å². The molecule has 86 valence electrons. The number of carbonyl (C=O) groups is 1. The first-order valence-electron chi connectivity index (χ1n) is 6.02. The first kappa shape index (κ1) is 11.4. The number of carbonyl (C=O) groups excluding carboxylic acids is 1. The molecule has 1 nitrogen and oxygen atoms in total. The molecule has 0 N–H and O–H groups in total. The van der Waals surface area contributed by atoms with E-state index < -0.39 is 0 Å². The second kappa shape index (κ2) is 3.73. The Labute approximate surface area is 97.9 Å². The van der Waals surface area contributed by atoms with Gasteiger partial charge in [-0.25, -0.2) is 0 Å². The van der Waals surface area contributed by atoms with Crippen LogP contribution in [0.4, 0.5) is 0 Å². The molecule has 0 aromatic rings. The zero-order valence-electron chi connectivity index (χ0n) is 10.2. The van der Waals surface area contributed by atoms with Crippen molar-refractivity contribution in [2.75, 3.05) is 0 Å². The van der Waals surface area contributed by atoms with Gasteiger partial charge in [0.15, 0.2) is 5.78 Å². The summed E-state index contributed by atoms with van der Waals surface area (Å²) in [6.07, 6.45) is 13.1. The molecule has 0 aromatic carbocycles. The Morgan fingerprint density at radius 2 is 2.25 bits per heavy atom. The summed E-state index contributed by atoms with van der Waals surface area (Å²) < 4.78 is 0. The Hall–Kier alpha value is -1.11. The number of hydrogen-bond acceptors (Lipinski definition) is 1. The molecule has 0 fully saturated rings. The van der Waals surface area contributed by atoms with Gasteiger partial charge >= 0.3 is 0 Å². The molecule has 0 aliphatic heterocycles. The molecule has 2 aliphatic carbocycles. The van der Waals surface area contributed by atoms with Crippen molar-refractivity contribution in [3.05, 3.63) is 37.0 Å². The maximum absolute atomic E-state index is 12.1. The third-order valence-corrected chi connectivity index (χ3v) is 4.41. The summed E-state index contributed by atoms with van der Waals surface area (Å²) in [6.45, 7) is 8.17. The molecule has 0 amide bonds. The predicted octanol–water partition coefficient (Wildman–Crippen LogP) is 3.68. The van der Waals surface area contributed by atoms with Crippen LogP contribution in [0.25, 0.3) is 0 Å². The van der Waals surface area contributed by atoms with E-state index in [9.17, 15) is 4.79 Å². The third-order valence-electron chi connectivity index (χ3n) is 4.41. The van der Waals surface area contributed by atoms with Gasteiger partial charge in [-0.15, -0.1) is 6.58 Å². The maximum atomic E-state index is 12.1. The quantitative estimate of drug-likeness (QED) is 0.643. The molecule has 0 saturated heterocycles. The highest BCUT2D eigenvalue weighted by Gasteiger charge is 2.49. The Balaban J connectivity index is 2.45. The van der Waals surface area contributed by atoms with E-state index in [4.69, 9.17) is 0 Å². The zero-order chi connectivity index (χ0) is 11.8. The number of ketones is 1. The molecule has 1 heteroatoms. The van der Waals surface area contributed by atoms with Crippen molar-refractivity contribution in [1.29, 1.82) is 0 Å². The van der Waals surface area contributed by atoms with Gasteiger partial charge in [0.05, 0.1) is 0 Å². The van der Waals surface area contributed by atoms with Crippen LogP contribution >= 0.6 is 0 Å². The first-order valence-corrected chi connectivity index (χ1v) is 6.02. The predicted molar refractivity (Wildman–Crippen MR) is 67.0 cm³/mol. The van der Waals surface area contributed by atoms with Crippen LogP contribution in [0.2, 0.25) is 0 Å². The highest BCUT2D eigenvalue weighted by Crippen LogP contribution is 2.53. The molecule has 0 saturated carbocycles. The van der Waals surface area contributed by atoms with E-state index in [1.165, 1.54) is 0 Å². The van der Waals surface area contributed by atoms with E-state index in [1.54, 1.807) is 6.08 Å². The van der Waals surface area contributed by atoms with Crippen LogP contribution in [0.5, 0.6) is 0 Å². The van der Waals surface area contributed by atoms with Crippen LogP contribution in [0.3, 0.4) is 0 Å². The smallest absolute Gasteiger partial charge is 0.161 e. The summed E-state index contributed by atoms with van der Waals surface area (Å²) in [7, 11) is 0. The van der Waals surface area contributed by atoms with E-state index in [0.717, 1.165) is 19.3 Å². The van der Waals surface area contributed by atoms with Crippen LogP contribution in [0.1, 0.15) is 33.1 Å². The van der Waals surface area contributed by atoms with Crippen LogP contribution in [0, 0.1) is 16.7 Å². The molecule has 2 rings (SSSR count). The molecule has 0 unspecified atom stereocenters. The van der Waals surface area contributed by atoms with E-state index >= 15 is 0 Å². The first-order chi connectivity index (χ1) is 7.53. The largest absolute Gasteiger partial charge is 0.294 e. The van der Waals surface area contributed by atoms with Crippen molar-refractivity contribution in [2.45, 2.75) is 33.1 Å². The lowest BCUT2D eigenvalue weighted by molar-refractivity contribution is -0.129.